The van der Waals surface area contributed by atoms with Crippen LogP contribution in [0.2, 0.25) is 5.02 Å². The molecule has 0 fully saturated rings. The minimum atomic E-state index is 0.189. The summed E-state index contributed by atoms with van der Waals surface area (Å²) in [5, 5.41) is 4.56. The van der Waals surface area contributed by atoms with E-state index in [1.54, 1.807) is 0 Å². The molecule has 0 bridgehead atoms. The molecular weight excluding hydrogens is 252 g/mol. The quantitative estimate of drug-likeness (QED) is 0.854. The minimum absolute atomic E-state index is 0.189. The van der Waals surface area contributed by atoms with Crippen molar-refractivity contribution in [2.45, 2.75) is 13.0 Å². The smallest absolute Gasteiger partial charge is 0.0432 e. The van der Waals surface area contributed by atoms with E-state index in [-0.39, 0.29) is 6.04 Å². The van der Waals surface area contributed by atoms with Crippen LogP contribution >= 0.6 is 34.8 Å². The molecule has 0 aliphatic heterocycles. The normalized spacial score (nSPS) is 14.0. The lowest BCUT2D eigenvalue weighted by molar-refractivity contribution is 0.614. The lowest BCUT2D eigenvalue weighted by atomic mass is 10.1. The largest absolute Gasteiger partial charge is 0.305 e. The van der Waals surface area contributed by atoms with E-state index in [2.05, 4.69) is 5.32 Å². The molecule has 0 aliphatic rings. The van der Waals surface area contributed by atoms with Crippen molar-refractivity contribution in [2.24, 2.45) is 0 Å². The average molecular weight is 265 g/mol. The third-order valence-electron chi connectivity index (χ3n) is 2.04. The van der Waals surface area contributed by atoms with Crippen LogP contribution in [-0.4, -0.2) is 6.54 Å². The van der Waals surface area contributed by atoms with E-state index in [1.165, 1.54) is 5.54 Å². The molecule has 0 amide bonds. The van der Waals surface area contributed by atoms with Crippen molar-refractivity contribution in [1.82, 2.24) is 5.32 Å². The van der Waals surface area contributed by atoms with Gasteiger partial charge in [0.15, 0.2) is 0 Å². The molecule has 82 valence electrons. The molecule has 1 atom stereocenters. The van der Waals surface area contributed by atoms with Gasteiger partial charge in [-0.3, -0.25) is 0 Å². The maximum absolute atomic E-state index is 5.89. The first-order valence-corrected chi connectivity index (χ1v) is 5.76. The lowest BCUT2D eigenvalue weighted by Crippen LogP contribution is -2.19. The van der Waals surface area contributed by atoms with E-state index < -0.39 is 0 Å². The summed E-state index contributed by atoms with van der Waals surface area (Å²) in [6.07, 6.45) is 0. The molecule has 0 saturated heterocycles. The van der Waals surface area contributed by atoms with Crippen molar-refractivity contribution in [3.05, 3.63) is 45.4 Å². The molecule has 1 rings (SSSR count). The van der Waals surface area contributed by atoms with Crippen LogP contribution in [0.4, 0.5) is 0 Å². The zero-order valence-corrected chi connectivity index (χ0v) is 10.6. The number of hydrogen-bond donors (Lipinski definition) is 1. The Labute approximate surface area is 105 Å². The fourth-order valence-electron chi connectivity index (χ4n) is 1.18. The van der Waals surface area contributed by atoms with Gasteiger partial charge in [-0.25, -0.2) is 0 Å². The van der Waals surface area contributed by atoms with Crippen molar-refractivity contribution in [3.63, 3.8) is 0 Å². The highest BCUT2D eigenvalue weighted by atomic mass is 35.5. The van der Waals surface area contributed by atoms with Gasteiger partial charge in [-0.1, -0.05) is 46.9 Å². The molecule has 0 spiro atoms. The Balaban J connectivity index is 2.57. The van der Waals surface area contributed by atoms with E-state index in [9.17, 15) is 0 Å². The van der Waals surface area contributed by atoms with Crippen LogP contribution in [0.15, 0.2) is 34.8 Å². The molecule has 0 heterocycles. The highest BCUT2D eigenvalue weighted by Crippen LogP contribution is 2.17. The van der Waals surface area contributed by atoms with Crippen LogP contribution in [0.5, 0.6) is 0 Å². The Morgan fingerprint density at radius 1 is 1.53 bits per heavy atom. The number of rotatable bonds is 4. The standard InChI is InChI=1S/C11H12Cl3N/c1-8(15-7-11(14)6-12)9-3-2-4-10(13)5-9/h2-6,8,15H,7H2,1H3/b11-6-/t8-/m0/s1. The first-order chi connectivity index (χ1) is 7.13. The molecule has 0 radical (unpaired) electrons. The van der Waals surface area contributed by atoms with Gasteiger partial charge in [0.2, 0.25) is 0 Å². The molecule has 0 aliphatic carbocycles. The van der Waals surface area contributed by atoms with Crippen LogP contribution in [0, 0.1) is 0 Å². The monoisotopic (exact) mass is 263 g/mol. The van der Waals surface area contributed by atoms with E-state index in [4.69, 9.17) is 34.8 Å². The highest BCUT2D eigenvalue weighted by Gasteiger charge is 2.05. The first-order valence-electron chi connectivity index (χ1n) is 4.57. The average Bonchev–Trinajstić information content (AvgIpc) is 2.25. The van der Waals surface area contributed by atoms with Crippen molar-refractivity contribution in [2.75, 3.05) is 6.54 Å². The van der Waals surface area contributed by atoms with E-state index >= 15 is 0 Å². The second-order valence-corrected chi connectivity index (χ2v) is 4.35. The van der Waals surface area contributed by atoms with Crippen molar-refractivity contribution in [3.8, 4) is 0 Å². The van der Waals surface area contributed by atoms with Gasteiger partial charge in [0.05, 0.1) is 0 Å². The van der Waals surface area contributed by atoms with Crippen LogP contribution in [0.3, 0.4) is 0 Å². The number of hydrogen-bond acceptors (Lipinski definition) is 1. The van der Waals surface area contributed by atoms with E-state index in [0.717, 1.165) is 10.6 Å². The van der Waals surface area contributed by atoms with Gasteiger partial charge in [-0.2, -0.15) is 0 Å². The molecule has 1 aromatic rings. The van der Waals surface area contributed by atoms with E-state index in [1.807, 2.05) is 31.2 Å². The van der Waals surface area contributed by atoms with E-state index in [0.29, 0.717) is 11.6 Å². The summed E-state index contributed by atoms with van der Waals surface area (Å²) in [6, 6.07) is 7.91. The van der Waals surface area contributed by atoms with Crippen molar-refractivity contribution in [1.29, 1.82) is 0 Å². The molecule has 0 aromatic heterocycles. The molecule has 1 N–H and O–H groups in total. The Morgan fingerprint density at radius 2 is 2.27 bits per heavy atom. The maximum Gasteiger partial charge on any atom is 0.0432 e. The zero-order chi connectivity index (χ0) is 11.3. The second kappa shape index (κ2) is 6.39. The summed E-state index contributed by atoms with van der Waals surface area (Å²) in [5.41, 5.74) is 2.49. The summed E-state index contributed by atoms with van der Waals surface area (Å²) in [5.74, 6) is 0. The molecule has 1 nitrogen and oxygen atoms in total. The van der Waals surface area contributed by atoms with Gasteiger partial charge in [0, 0.05) is 28.2 Å². The predicted molar refractivity (Wildman–Crippen MR) is 67.7 cm³/mol. The SMILES string of the molecule is C[C@H](NC/C(Cl)=C/Cl)c1cccc(Cl)c1. The second-order valence-electron chi connectivity index (χ2n) is 3.21. The Bertz CT molecular complexity index is 349. The van der Waals surface area contributed by atoms with Crippen LogP contribution in [-0.2, 0) is 0 Å². The van der Waals surface area contributed by atoms with Gasteiger partial charge >= 0.3 is 0 Å². The minimum Gasteiger partial charge on any atom is -0.305 e. The third-order valence-corrected chi connectivity index (χ3v) is 2.90. The van der Waals surface area contributed by atoms with Crippen LogP contribution in [0.25, 0.3) is 0 Å². The van der Waals surface area contributed by atoms with Gasteiger partial charge in [-0.05, 0) is 24.6 Å². The fourth-order valence-corrected chi connectivity index (χ4v) is 1.54. The summed E-state index contributed by atoms with van der Waals surface area (Å²) >= 11 is 17.1. The fraction of sp³-hybridized carbons (Fsp3) is 0.273. The Morgan fingerprint density at radius 3 is 2.87 bits per heavy atom. The number of benzene rings is 1. The summed E-state index contributed by atoms with van der Waals surface area (Å²) in [7, 11) is 0. The maximum atomic E-state index is 5.89. The van der Waals surface area contributed by atoms with Gasteiger partial charge < -0.3 is 5.32 Å². The van der Waals surface area contributed by atoms with Crippen molar-refractivity contribution < 1.29 is 0 Å². The number of nitrogens with one attached hydrogen (secondary N) is 1. The third kappa shape index (κ3) is 4.43. The molecule has 4 heteroatoms. The predicted octanol–water partition coefficient (Wildman–Crippen LogP) is 4.31. The lowest BCUT2D eigenvalue weighted by Gasteiger charge is -2.13. The van der Waals surface area contributed by atoms with Crippen molar-refractivity contribution >= 4 is 34.8 Å². The van der Waals surface area contributed by atoms with Crippen LogP contribution < -0.4 is 5.32 Å². The molecule has 1 aromatic carbocycles. The van der Waals surface area contributed by atoms with Crippen LogP contribution in [0.1, 0.15) is 18.5 Å². The Kier molecular flexibility index (Phi) is 5.48. The summed E-state index contributed by atoms with van der Waals surface area (Å²) in [6.45, 7) is 2.60. The summed E-state index contributed by atoms with van der Waals surface area (Å²) in [4.78, 5) is 0. The molecule has 0 saturated carbocycles. The topological polar surface area (TPSA) is 12.0 Å². The van der Waals surface area contributed by atoms with Gasteiger partial charge in [0.1, 0.15) is 0 Å². The van der Waals surface area contributed by atoms with Gasteiger partial charge in [0.25, 0.3) is 0 Å². The highest BCUT2D eigenvalue weighted by molar-refractivity contribution is 6.36. The van der Waals surface area contributed by atoms with Gasteiger partial charge in [-0.15, -0.1) is 0 Å². The zero-order valence-electron chi connectivity index (χ0n) is 8.31. The Hall–Kier alpha value is -0.210. The number of halogens is 3. The molecular formula is C11H12Cl3N. The molecule has 15 heavy (non-hydrogen) atoms. The summed E-state index contributed by atoms with van der Waals surface area (Å²) < 4.78 is 0. The molecule has 0 unspecified atom stereocenters. The first kappa shape index (κ1) is 12.9.